The van der Waals surface area contributed by atoms with E-state index in [0.717, 1.165) is 8.47 Å². The molecule has 1 amide bonds. The summed E-state index contributed by atoms with van der Waals surface area (Å²) in [4.78, 5) is 23.8. The third-order valence-corrected chi connectivity index (χ3v) is 3.63. The number of carbonyl (C=O) groups is 2. The van der Waals surface area contributed by atoms with Crippen LogP contribution in [0.3, 0.4) is 0 Å². The van der Waals surface area contributed by atoms with Gasteiger partial charge in [-0.1, -0.05) is 17.5 Å². The zero-order valence-electron chi connectivity index (χ0n) is 9.19. The molecule has 6 heteroatoms. The molecule has 0 radical (unpaired) electrons. The Bertz CT molecular complexity index is 525. The van der Waals surface area contributed by atoms with Crippen LogP contribution in [0.1, 0.15) is 10.4 Å². The Kier molecular flexibility index (Phi) is 5.44. The first-order chi connectivity index (χ1) is 8.45. The molecule has 0 atom stereocenters. The highest BCUT2D eigenvalue weighted by Crippen LogP contribution is 2.20. The average molecular weight is 378 g/mol. The molecule has 0 saturated heterocycles. The second kappa shape index (κ2) is 6.61. The van der Waals surface area contributed by atoms with E-state index in [1.54, 1.807) is 12.1 Å². The second-order valence-electron chi connectivity index (χ2n) is 3.39. The first-order valence-corrected chi connectivity index (χ1v) is 6.31. The first-order valence-electron chi connectivity index (χ1n) is 4.85. The molecule has 0 heterocycles. The maximum Gasteiger partial charge on any atom is 0.323 e. The fraction of sp³-hybridized carbons (Fsp3) is 0.167. The first kappa shape index (κ1) is 14.8. The number of hydrogen-bond donors (Lipinski definition) is 1. The van der Waals surface area contributed by atoms with Crippen molar-refractivity contribution in [1.82, 2.24) is 4.90 Å². The minimum absolute atomic E-state index is 0.0608. The maximum absolute atomic E-state index is 12.0. The fourth-order valence-electron chi connectivity index (χ4n) is 1.28. The third-order valence-electron chi connectivity index (χ3n) is 2.06. The molecule has 1 aromatic carbocycles. The highest BCUT2D eigenvalue weighted by molar-refractivity contribution is 14.1. The van der Waals surface area contributed by atoms with E-state index in [4.69, 9.17) is 23.1 Å². The van der Waals surface area contributed by atoms with Crippen LogP contribution in [0.5, 0.6) is 0 Å². The van der Waals surface area contributed by atoms with Gasteiger partial charge in [-0.3, -0.25) is 9.59 Å². The van der Waals surface area contributed by atoms with Gasteiger partial charge >= 0.3 is 5.97 Å². The van der Waals surface area contributed by atoms with Crippen LogP contribution in [-0.4, -0.2) is 35.0 Å². The SMILES string of the molecule is C#CCN(CC(=O)O)C(=O)c1ccc(I)c(Cl)c1. The molecule has 0 fully saturated rings. The van der Waals surface area contributed by atoms with Crippen LogP contribution in [0.15, 0.2) is 18.2 Å². The largest absolute Gasteiger partial charge is 0.480 e. The number of halogens is 2. The number of aliphatic carboxylic acids is 1. The maximum atomic E-state index is 12.0. The van der Waals surface area contributed by atoms with Gasteiger partial charge in [0, 0.05) is 9.13 Å². The Balaban J connectivity index is 2.98. The van der Waals surface area contributed by atoms with Gasteiger partial charge in [0.25, 0.3) is 5.91 Å². The quantitative estimate of drug-likeness (QED) is 0.646. The number of carboxylic acid groups (broad SMARTS) is 1. The minimum Gasteiger partial charge on any atom is -0.480 e. The van der Waals surface area contributed by atoms with Crippen molar-refractivity contribution >= 4 is 46.1 Å². The zero-order valence-corrected chi connectivity index (χ0v) is 12.1. The summed E-state index contributed by atoms with van der Waals surface area (Å²) in [6.07, 6.45) is 5.11. The minimum atomic E-state index is -1.12. The number of terminal acetylenes is 1. The van der Waals surface area contributed by atoms with Crippen molar-refractivity contribution in [2.45, 2.75) is 0 Å². The molecule has 0 unspecified atom stereocenters. The lowest BCUT2D eigenvalue weighted by Crippen LogP contribution is -2.36. The highest BCUT2D eigenvalue weighted by Gasteiger charge is 2.18. The number of amides is 1. The van der Waals surface area contributed by atoms with Crippen LogP contribution in [0.4, 0.5) is 0 Å². The standard InChI is InChI=1S/C12H9ClINO3/c1-2-5-15(7-11(16)17)12(18)8-3-4-10(14)9(13)6-8/h1,3-4,6H,5,7H2,(H,16,17). The lowest BCUT2D eigenvalue weighted by atomic mass is 10.2. The van der Waals surface area contributed by atoms with E-state index in [0.29, 0.717) is 10.6 Å². The molecule has 0 spiro atoms. The topological polar surface area (TPSA) is 57.6 Å². The molecule has 0 aliphatic rings. The average Bonchev–Trinajstić information content (AvgIpc) is 2.31. The molecule has 0 aromatic heterocycles. The van der Waals surface area contributed by atoms with Crippen LogP contribution >= 0.6 is 34.2 Å². The van der Waals surface area contributed by atoms with Crippen molar-refractivity contribution in [2.75, 3.05) is 13.1 Å². The number of carboxylic acids is 1. The summed E-state index contributed by atoms with van der Waals surface area (Å²) >= 11 is 7.95. The molecule has 1 N–H and O–H groups in total. The van der Waals surface area contributed by atoms with Crippen LogP contribution in [0.2, 0.25) is 5.02 Å². The predicted molar refractivity (Wildman–Crippen MR) is 76.5 cm³/mol. The molecule has 0 bridgehead atoms. The van der Waals surface area contributed by atoms with Crippen LogP contribution in [-0.2, 0) is 4.79 Å². The Morgan fingerprint density at radius 3 is 2.67 bits per heavy atom. The van der Waals surface area contributed by atoms with Gasteiger partial charge in [0.05, 0.1) is 11.6 Å². The summed E-state index contributed by atoms with van der Waals surface area (Å²) in [6.45, 7) is -0.499. The van der Waals surface area contributed by atoms with E-state index in [2.05, 4.69) is 5.92 Å². The third kappa shape index (κ3) is 3.89. The zero-order chi connectivity index (χ0) is 13.7. The Hall–Kier alpha value is -1.26. The normalized spacial score (nSPS) is 9.61. The molecule has 94 valence electrons. The molecular weight excluding hydrogens is 368 g/mol. The van der Waals surface area contributed by atoms with E-state index in [1.807, 2.05) is 22.6 Å². The summed E-state index contributed by atoms with van der Waals surface area (Å²) in [5.41, 5.74) is 0.317. The van der Waals surface area contributed by atoms with Crippen LogP contribution in [0, 0.1) is 15.9 Å². The van der Waals surface area contributed by atoms with Gasteiger partial charge in [-0.05, 0) is 40.8 Å². The van der Waals surface area contributed by atoms with E-state index in [1.165, 1.54) is 6.07 Å². The highest BCUT2D eigenvalue weighted by atomic mass is 127. The summed E-state index contributed by atoms with van der Waals surface area (Å²) in [7, 11) is 0. The van der Waals surface area contributed by atoms with E-state index in [-0.39, 0.29) is 6.54 Å². The van der Waals surface area contributed by atoms with Gasteiger partial charge in [0.2, 0.25) is 0 Å². The van der Waals surface area contributed by atoms with Gasteiger partial charge in [0.1, 0.15) is 6.54 Å². The Morgan fingerprint density at radius 2 is 2.17 bits per heavy atom. The molecule has 0 aliphatic carbocycles. The van der Waals surface area contributed by atoms with Gasteiger partial charge in [-0.25, -0.2) is 0 Å². The summed E-state index contributed by atoms with van der Waals surface area (Å²) < 4.78 is 0.813. The number of benzene rings is 1. The second-order valence-corrected chi connectivity index (χ2v) is 4.96. The smallest absolute Gasteiger partial charge is 0.323 e. The molecule has 0 aliphatic heterocycles. The van der Waals surface area contributed by atoms with Crippen LogP contribution < -0.4 is 0 Å². The van der Waals surface area contributed by atoms with Crippen molar-refractivity contribution in [3.8, 4) is 12.3 Å². The van der Waals surface area contributed by atoms with Crippen molar-refractivity contribution in [3.63, 3.8) is 0 Å². The van der Waals surface area contributed by atoms with Crippen molar-refractivity contribution < 1.29 is 14.7 Å². The number of hydrogen-bond acceptors (Lipinski definition) is 2. The molecule has 0 saturated carbocycles. The molecule has 18 heavy (non-hydrogen) atoms. The van der Waals surface area contributed by atoms with E-state index in [9.17, 15) is 9.59 Å². The Labute approximate surface area is 123 Å². The molecule has 1 aromatic rings. The van der Waals surface area contributed by atoms with Crippen molar-refractivity contribution in [2.24, 2.45) is 0 Å². The summed E-state index contributed by atoms with van der Waals surface area (Å²) in [5.74, 6) is 0.691. The number of carbonyl (C=O) groups excluding carboxylic acids is 1. The van der Waals surface area contributed by atoms with Gasteiger partial charge in [0.15, 0.2) is 0 Å². The van der Waals surface area contributed by atoms with Crippen molar-refractivity contribution in [1.29, 1.82) is 0 Å². The van der Waals surface area contributed by atoms with E-state index < -0.39 is 18.4 Å². The van der Waals surface area contributed by atoms with Gasteiger partial charge < -0.3 is 10.0 Å². The number of rotatable bonds is 4. The van der Waals surface area contributed by atoms with E-state index >= 15 is 0 Å². The lowest BCUT2D eigenvalue weighted by molar-refractivity contribution is -0.137. The molecular formula is C12H9ClINO3. The van der Waals surface area contributed by atoms with Gasteiger partial charge in [-0.15, -0.1) is 6.42 Å². The summed E-state index contributed by atoms with van der Waals surface area (Å²) in [5, 5.41) is 9.16. The molecule has 1 rings (SSSR count). The van der Waals surface area contributed by atoms with Crippen molar-refractivity contribution in [3.05, 3.63) is 32.4 Å². The Morgan fingerprint density at radius 1 is 1.50 bits per heavy atom. The molecule has 4 nitrogen and oxygen atoms in total. The lowest BCUT2D eigenvalue weighted by Gasteiger charge is -2.18. The summed E-state index contributed by atoms with van der Waals surface area (Å²) in [6, 6.07) is 4.77. The fourth-order valence-corrected chi connectivity index (χ4v) is 1.80. The number of nitrogens with zero attached hydrogens (tertiary/aromatic N) is 1. The van der Waals surface area contributed by atoms with Crippen LogP contribution in [0.25, 0.3) is 0 Å². The monoisotopic (exact) mass is 377 g/mol. The van der Waals surface area contributed by atoms with Gasteiger partial charge in [-0.2, -0.15) is 0 Å². The predicted octanol–water partition coefficient (Wildman–Crippen LogP) is 2.10.